The molecule has 2 aliphatic rings. The van der Waals surface area contributed by atoms with E-state index in [2.05, 4.69) is 11.1 Å². The van der Waals surface area contributed by atoms with Crippen LogP contribution in [0.15, 0.2) is 18.2 Å². The van der Waals surface area contributed by atoms with Crippen molar-refractivity contribution in [1.29, 1.82) is 5.26 Å². The Morgan fingerprint density at radius 2 is 1.28 bits per heavy atom. The molecule has 2 saturated heterocycles. The third kappa shape index (κ3) is 3.03. The molecule has 152 valence electrons. The Morgan fingerprint density at radius 3 is 1.76 bits per heavy atom. The Bertz CT molecular complexity index is 988. The normalized spacial score (nSPS) is 24.2. The molecule has 1 aromatic carbocycles. The minimum Gasteiger partial charge on any atom is -0.399 e. The fourth-order valence-corrected chi connectivity index (χ4v) is 3.62. The van der Waals surface area contributed by atoms with Crippen molar-refractivity contribution in [1.82, 2.24) is 4.98 Å². The van der Waals surface area contributed by atoms with Gasteiger partial charge in [0.1, 0.15) is 0 Å². The molecule has 1 N–H and O–H groups in total. The molecule has 0 radical (unpaired) electrons. The van der Waals surface area contributed by atoms with Crippen molar-refractivity contribution >= 4 is 36.2 Å². The molecule has 6 nitrogen and oxygen atoms in total. The Morgan fingerprint density at radius 1 is 0.793 bits per heavy atom. The molecule has 2 aliphatic heterocycles. The van der Waals surface area contributed by atoms with Gasteiger partial charge < -0.3 is 23.6 Å². The summed E-state index contributed by atoms with van der Waals surface area (Å²) < 4.78 is 24.9. The van der Waals surface area contributed by atoms with Crippen LogP contribution < -0.4 is 11.1 Å². The van der Waals surface area contributed by atoms with E-state index < -0.39 is 36.6 Å². The van der Waals surface area contributed by atoms with Gasteiger partial charge in [0, 0.05) is 22.0 Å². The van der Waals surface area contributed by atoms with Crippen molar-refractivity contribution in [3.63, 3.8) is 0 Å². The molecule has 3 heterocycles. The van der Waals surface area contributed by atoms with Crippen molar-refractivity contribution in [2.75, 3.05) is 0 Å². The maximum absolute atomic E-state index is 9.61. The van der Waals surface area contributed by atoms with Gasteiger partial charge in [0.2, 0.25) is 0 Å². The summed E-state index contributed by atoms with van der Waals surface area (Å²) in [6, 6.07) is 7.92. The predicted molar refractivity (Wildman–Crippen MR) is 114 cm³/mol. The van der Waals surface area contributed by atoms with Crippen LogP contribution in [0, 0.1) is 11.3 Å². The molecule has 1 aromatic heterocycles. The Balaban J connectivity index is 1.79. The number of H-pyrrole nitrogens is 1. The van der Waals surface area contributed by atoms with E-state index in [1.165, 1.54) is 0 Å². The maximum atomic E-state index is 9.61. The highest BCUT2D eigenvalue weighted by atomic mass is 16.7. The van der Waals surface area contributed by atoms with Crippen LogP contribution in [0.5, 0.6) is 0 Å². The second kappa shape index (κ2) is 6.12. The standard InChI is InChI=1S/C21H28B2N2O4/c1-18(2)19(3,4)27-22(26-18)15-10-9-13(12-24)14-11-16(25-17(14)15)23-28-20(5,6)21(7,8)29-23/h9-11,25H,1-8H3. The number of hydrogen-bond donors (Lipinski definition) is 1. The lowest BCUT2D eigenvalue weighted by atomic mass is 9.77. The Kier molecular flexibility index (Phi) is 4.32. The van der Waals surface area contributed by atoms with Crippen LogP contribution in [0.3, 0.4) is 0 Å². The molecule has 0 aliphatic carbocycles. The van der Waals surface area contributed by atoms with Crippen molar-refractivity contribution in [3.8, 4) is 6.07 Å². The first-order valence-electron chi connectivity index (χ1n) is 10.0. The largest absolute Gasteiger partial charge is 0.512 e. The molecule has 0 amide bonds. The van der Waals surface area contributed by atoms with Crippen LogP contribution in [0.4, 0.5) is 0 Å². The summed E-state index contributed by atoms with van der Waals surface area (Å²) in [5.74, 6) is 0. The van der Waals surface area contributed by atoms with Crippen LogP contribution in [0.2, 0.25) is 0 Å². The highest BCUT2D eigenvalue weighted by Crippen LogP contribution is 2.38. The van der Waals surface area contributed by atoms with Gasteiger partial charge in [-0.1, -0.05) is 6.07 Å². The Labute approximate surface area is 173 Å². The number of aromatic nitrogens is 1. The smallest absolute Gasteiger partial charge is 0.399 e. The van der Waals surface area contributed by atoms with Crippen molar-refractivity contribution < 1.29 is 18.6 Å². The number of rotatable bonds is 2. The summed E-state index contributed by atoms with van der Waals surface area (Å²) in [6.07, 6.45) is 0. The maximum Gasteiger partial charge on any atom is 0.512 e. The molecule has 2 aromatic rings. The first-order valence-corrected chi connectivity index (χ1v) is 10.0. The molecule has 0 unspecified atom stereocenters. The average molecular weight is 394 g/mol. The number of nitriles is 1. The highest BCUT2D eigenvalue weighted by molar-refractivity contribution is 6.66. The van der Waals surface area contributed by atoms with Crippen molar-refractivity contribution in [2.45, 2.75) is 77.8 Å². The lowest BCUT2D eigenvalue weighted by molar-refractivity contribution is 0.00578. The van der Waals surface area contributed by atoms with E-state index in [0.717, 1.165) is 22.0 Å². The number of hydrogen-bond acceptors (Lipinski definition) is 5. The summed E-state index contributed by atoms with van der Waals surface area (Å²) in [7, 11) is -1.06. The molecular weight excluding hydrogens is 366 g/mol. The zero-order valence-electron chi connectivity index (χ0n) is 18.5. The van der Waals surface area contributed by atoms with Crippen LogP contribution >= 0.6 is 0 Å². The molecule has 0 spiro atoms. The summed E-state index contributed by atoms with van der Waals surface area (Å²) >= 11 is 0. The minimum absolute atomic E-state index is 0.443. The van der Waals surface area contributed by atoms with Gasteiger partial charge in [0.05, 0.1) is 34.0 Å². The van der Waals surface area contributed by atoms with Gasteiger partial charge in [-0.15, -0.1) is 0 Å². The molecule has 0 saturated carbocycles. The quantitative estimate of drug-likeness (QED) is 0.793. The lowest BCUT2D eigenvalue weighted by Crippen LogP contribution is -2.41. The van der Waals surface area contributed by atoms with E-state index in [-0.39, 0.29) is 0 Å². The molecule has 2 fully saturated rings. The molecule has 0 atom stereocenters. The number of nitrogens with one attached hydrogen (secondary N) is 1. The molecule has 29 heavy (non-hydrogen) atoms. The van der Waals surface area contributed by atoms with Gasteiger partial charge in [0.15, 0.2) is 0 Å². The van der Waals surface area contributed by atoms with Gasteiger partial charge in [-0.05, 0) is 67.5 Å². The van der Waals surface area contributed by atoms with Crippen LogP contribution in [0.1, 0.15) is 61.0 Å². The monoisotopic (exact) mass is 394 g/mol. The van der Waals surface area contributed by atoms with Crippen LogP contribution in [-0.4, -0.2) is 41.6 Å². The minimum atomic E-state index is -0.537. The topological polar surface area (TPSA) is 76.5 Å². The lowest BCUT2D eigenvalue weighted by Gasteiger charge is -2.32. The molecule has 8 heteroatoms. The number of benzene rings is 1. The number of aromatic amines is 1. The molecule has 4 rings (SSSR count). The van der Waals surface area contributed by atoms with Gasteiger partial charge >= 0.3 is 14.2 Å². The number of fused-ring (bicyclic) bond motifs is 1. The van der Waals surface area contributed by atoms with Gasteiger partial charge in [-0.25, -0.2) is 0 Å². The van der Waals surface area contributed by atoms with Crippen LogP contribution in [0.25, 0.3) is 10.9 Å². The van der Waals surface area contributed by atoms with E-state index in [1.54, 1.807) is 0 Å². The highest BCUT2D eigenvalue weighted by Gasteiger charge is 2.54. The van der Waals surface area contributed by atoms with Gasteiger partial charge in [-0.3, -0.25) is 0 Å². The third-order valence-electron chi connectivity index (χ3n) is 6.98. The van der Waals surface area contributed by atoms with E-state index in [1.807, 2.05) is 73.6 Å². The number of nitrogens with zero attached hydrogens (tertiary/aromatic N) is 1. The van der Waals surface area contributed by atoms with E-state index in [4.69, 9.17) is 18.6 Å². The summed E-state index contributed by atoms with van der Waals surface area (Å²) in [5.41, 5.74) is 1.26. The summed E-state index contributed by atoms with van der Waals surface area (Å²) in [4.78, 5) is 3.43. The van der Waals surface area contributed by atoms with Gasteiger partial charge in [-0.2, -0.15) is 5.26 Å². The van der Waals surface area contributed by atoms with Crippen molar-refractivity contribution in [3.05, 3.63) is 23.8 Å². The van der Waals surface area contributed by atoms with Crippen molar-refractivity contribution in [2.24, 2.45) is 0 Å². The molecule has 0 bridgehead atoms. The summed E-state index contributed by atoms with van der Waals surface area (Å²) in [6.45, 7) is 16.2. The summed E-state index contributed by atoms with van der Waals surface area (Å²) in [5, 5.41) is 10.4. The zero-order chi connectivity index (χ0) is 21.4. The zero-order valence-corrected chi connectivity index (χ0v) is 18.5. The molecular formula is C21H28B2N2O4. The van der Waals surface area contributed by atoms with Gasteiger partial charge in [0.25, 0.3) is 0 Å². The second-order valence-electron chi connectivity index (χ2n) is 10.0. The van der Waals surface area contributed by atoms with E-state index >= 15 is 0 Å². The van der Waals surface area contributed by atoms with E-state index in [9.17, 15) is 5.26 Å². The fourth-order valence-electron chi connectivity index (χ4n) is 3.62. The van der Waals surface area contributed by atoms with E-state index in [0.29, 0.717) is 5.56 Å². The predicted octanol–water partition coefficient (Wildman–Crippen LogP) is 2.64. The first-order chi connectivity index (χ1) is 13.3. The SMILES string of the molecule is CC1(C)OB(c2cc3c(C#N)ccc(B4OC(C)(C)C(C)(C)O4)c3[nH]2)OC1(C)C. The average Bonchev–Trinajstić information content (AvgIpc) is 3.18. The fraction of sp³-hybridized carbons (Fsp3) is 0.571. The Hall–Kier alpha value is -1.78. The third-order valence-corrected chi connectivity index (χ3v) is 6.98. The van der Waals surface area contributed by atoms with Crippen LogP contribution in [-0.2, 0) is 18.6 Å². The second-order valence-corrected chi connectivity index (χ2v) is 10.0. The first kappa shape index (κ1) is 20.5.